The number of rotatable bonds is 6. The van der Waals surface area contributed by atoms with Crippen molar-refractivity contribution in [3.05, 3.63) is 69.7 Å². The van der Waals surface area contributed by atoms with Crippen molar-refractivity contribution in [2.24, 2.45) is 11.3 Å². The highest BCUT2D eigenvalue weighted by molar-refractivity contribution is 6.30. The normalized spacial score (nSPS) is 21.8. The molecule has 3 nitrogen and oxygen atoms in total. The molecule has 2 aromatic rings. The van der Waals surface area contributed by atoms with Gasteiger partial charge in [0.15, 0.2) is 0 Å². The van der Waals surface area contributed by atoms with Crippen molar-refractivity contribution in [1.82, 2.24) is 4.90 Å². The van der Waals surface area contributed by atoms with Crippen molar-refractivity contribution in [3.8, 4) is 0 Å². The van der Waals surface area contributed by atoms with E-state index in [9.17, 15) is 4.79 Å². The number of nitrogens with zero attached hydrogens (tertiary/aromatic N) is 1. The Balaban J connectivity index is 2.08. The predicted molar refractivity (Wildman–Crippen MR) is 128 cm³/mol. The van der Waals surface area contributed by atoms with Crippen LogP contribution in [0.25, 0.3) is 0 Å². The van der Waals surface area contributed by atoms with Gasteiger partial charge >= 0.3 is 0 Å². The molecule has 2 aromatic carbocycles. The van der Waals surface area contributed by atoms with Crippen LogP contribution in [0.15, 0.2) is 48.5 Å². The highest BCUT2D eigenvalue weighted by Crippen LogP contribution is 2.44. The minimum atomic E-state index is -0.298. The molecule has 31 heavy (non-hydrogen) atoms. The molecule has 0 N–H and O–H groups in total. The number of hydrogen-bond acceptors (Lipinski definition) is 2. The van der Waals surface area contributed by atoms with E-state index in [1.807, 2.05) is 48.5 Å². The molecule has 1 aliphatic heterocycles. The van der Waals surface area contributed by atoms with Crippen molar-refractivity contribution in [3.63, 3.8) is 0 Å². The molecule has 1 fully saturated rings. The van der Waals surface area contributed by atoms with E-state index < -0.39 is 0 Å². The van der Waals surface area contributed by atoms with E-state index in [1.165, 1.54) is 0 Å². The van der Waals surface area contributed by atoms with Gasteiger partial charge in [-0.2, -0.15) is 0 Å². The Morgan fingerprint density at radius 1 is 1.06 bits per heavy atom. The Labute approximate surface area is 196 Å². The number of benzene rings is 2. The standard InChI is InChI=1S/C26H33Cl2NO2/c1-6-22(17(2)15-26(3,4)5)29-23(30)16-31-25(19-8-7-9-21(28)14-19)24(29)18-10-12-20(27)13-11-18/h7-14,17,22,24-25H,6,15-16H2,1-5H3/t17-,22+,24-,25-/m1/s1. The second-order valence-electron chi connectivity index (χ2n) is 9.80. The molecular weight excluding hydrogens is 429 g/mol. The molecule has 3 rings (SSSR count). The number of carbonyl (C=O) groups is 1. The molecule has 1 saturated heterocycles. The molecule has 4 atom stereocenters. The van der Waals surface area contributed by atoms with E-state index in [0.29, 0.717) is 16.0 Å². The number of carbonyl (C=O) groups excluding carboxylic acids is 1. The first kappa shape index (κ1) is 24.1. The Morgan fingerprint density at radius 2 is 1.74 bits per heavy atom. The van der Waals surface area contributed by atoms with E-state index in [0.717, 1.165) is 24.0 Å². The summed E-state index contributed by atoms with van der Waals surface area (Å²) in [6, 6.07) is 15.4. The number of ether oxygens (including phenoxy) is 1. The van der Waals surface area contributed by atoms with Gasteiger partial charge in [0, 0.05) is 16.1 Å². The SMILES string of the molecule is CC[C@@H]([C@H](C)CC(C)(C)C)N1C(=O)CO[C@H](c2cccc(Cl)c2)[C@H]1c1ccc(Cl)cc1. The third kappa shape index (κ3) is 5.83. The third-order valence-corrected chi connectivity index (χ3v) is 6.50. The summed E-state index contributed by atoms with van der Waals surface area (Å²) in [7, 11) is 0. The van der Waals surface area contributed by atoms with Crippen molar-refractivity contribution in [1.29, 1.82) is 0 Å². The molecule has 1 heterocycles. The van der Waals surface area contributed by atoms with Gasteiger partial charge in [-0.25, -0.2) is 0 Å². The molecule has 0 saturated carbocycles. The molecular formula is C26H33Cl2NO2. The number of halogens is 2. The summed E-state index contributed by atoms with van der Waals surface area (Å²) in [6.07, 6.45) is 1.62. The molecule has 0 radical (unpaired) electrons. The van der Waals surface area contributed by atoms with Gasteiger partial charge in [0.2, 0.25) is 5.91 Å². The largest absolute Gasteiger partial charge is 0.361 e. The second-order valence-corrected chi connectivity index (χ2v) is 10.7. The van der Waals surface area contributed by atoms with Crippen LogP contribution in [-0.2, 0) is 9.53 Å². The smallest absolute Gasteiger partial charge is 0.249 e. The van der Waals surface area contributed by atoms with Crippen molar-refractivity contribution in [2.75, 3.05) is 6.61 Å². The lowest BCUT2D eigenvalue weighted by Gasteiger charge is -2.48. The lowest BCUT2D eigenvalue weighted by Crippen LogP contribution is -2.53. The van der Waals surface area contributed by atoms with Gasteiger partial charge < -0.3 is 9.64 Å². The number of amides is 1. The van der Waals surface area contributed by atoms with Crippen LogP contribution in [0.1, 0.15) is 70.7 Å². The molecule has 168 valence electrons. The van der Waals surface area contributed by atoms with Gasteiger partial charge in [-0.15, -0.1) is 0 Å². The predicted octanol–water partition coefficient (Wildman–Crippen LogP) is 7.49. The monoisotopic (exact) mass is 461 g/mol. The van der Waals surface area contributed by atoms with Crippen LogP contribution in [0.3, 0.4) is 0 Å². The van der Waals surface area contributed by atoms with E-state index in [-0.39, 0.29) is 36.1 Å². The fourth-order valence-corrected chi connectivity index (χ4v) is 5.28. The molecule has 0 bridgehead atoms. The fourth-order valence-electron chi connectivity index (χ4n) is 4.95. The first-order chi connectivity index (χ1) is 14.6. The minimum Gasteiger partial charge on any atom is -0.361 e. The van der Waals surface area contributed by atoms with Gasteiger partial charge in [0.1, 0.15) is 12.7 Å². The average Bonchev–Trinajstić information content (AvgIpc) is 2.69. The van der Waals surface area contributed by atoms with Crippen LogP contribution >= 0.6 is 23.2 Å². The van der Waals surface area contributed by atoms with Crippen molar-refractivity contribution < 1.29 is 9.53 Å². The summed E-state index contributed by atoms with van der Waals surface area (Å²) >= 11 is 12.5. The summed E-state index contributed by atoms with van der Waals surface area (Å²) in [5.41, 5.74) is 2.18. The fraction of sp³-hybridized carbons (Fsp3) is 0.500. The molecule has 0 spiro atoms. The summed E-state index contributed by atoms with van der Waals surface area (Å²) in [5.74, 6) is 0.382. The maximum Gasteiger partial charge on any atom is 0.249 e. The van der Waals surface area contributed by atoms with Gasteiger partial charge in [0.05, 0.1) is 6.04 Å². The topological polar surface area (TPSA) is 29.5 Å². The Hall–Kier alpha value is -1.55. The maximum atomic E-state index is 13.3. The lowest BCUT2D eigenvalue weighted by molar-refractivity contribution is -0.166. The highest BCUT2D eigenvalue weighted by atomic mass is 35.5. The molecule has 0 aliphatic carbocycles. The van der Waals surface area contributed by atoms with E-state index in [4.69, 9.17) is 27.9 Å². The first-order valence-electron chi connectivity index (χ1n) is 11.0. The second kappa shape index (κ2) is 9.94. The molecule has 1 aliphatic rings. The molecule has 0 unspecified atom stereocenters. The number of morpholine rings is 1. The average molecular weight is 462 g/mol. The Kier molecular flexibility index (Phi) is 7.72. The number of hydrogen-bond donors (Lipinski definition) is 0. The van der Waals surface area contributed by atoms with Gasteiger partial charge in [-0.3, -0.25) is 4.79 Å². The maximum absolute atomic E-state index is 13.3. The van der Waals surface area contributed by atoms with Crippen molar-refractivity contribution >= 4 is 29.1 Å². The van der Waals surface area contributed by atoms with E-state index in [2.05, 4.69) is 39.5 Å². The van der Waals surface area contributed by atoms with Crippen LogP contribution in [-0.4, -0.2) is 23.5 Å². The minimum absolute atomic E-state index is 0.0332. The third-order valence-electron chi connectivity index (χ3n) is 6.02. The summed E-state index contributed by atoms with van der Waals surface area (Å²) in [6.45, 7) is 11.3. The van der Waals surface area contributed by atoms with Gasteiger partial charge in [-0.1, -0.05) is 82.1 Å². The van der Waals surface area contributed by atoms with Gasteiger partial charge in [-0.05, 0) is 59.6 Å². The molecule has 1 amide bonds. The van der Waals surface area contributed by atoms with Crippen LogP contribution in [0.2, 0.25) is 10.0 Å². The van der Waals surface area contributed by atoms with Crippen LogP contribution in [0.5, 0.6) is 0 Å². The van der Waals surface area contributed by atoms with Crippen molar-refractivity contribution in [2.45, 2.75) is 65.6 Å². The van der Waals surface area contributed by atoms with E-state index >= 15 is 0 Å². The van der Waals surface area contributed by atoms with E-state index in [1.54, 1.807) is 0 Å². The summed E-state index contributed by atoms with van der Waals surface area (Å²) < 4.78 is 6.15. The quantitative estimate of drug-likeness (QED) is 0.445. The van der Waals surface area contributed by atoms with Gasteiger partial charge in [0.25, 0.3) is 0 Å². The molecule has 5 heteroatoms. The highest BCUT2D eigenvalue weighted by Gasteiger charge is 2.43. The van der Waals surface area contributed by atoms with Crippen LogP contribution < -0.4 is 0 Å². The van der Waals surface area contributed by atoms with Crippen LogP contribution in [0, 0.1) is 11.3 Å². The zero-order valence-electron chi connectivity index (χ0n) is 19.1. The Morgan fingerprint density at radius 3 is 2.32 bits per heavy atom. The zero-order chi connectivity index (χ0) is 22.8. The molecule has 0 aromatic heterocycles. The first-order valence-corrected chi connectivity index (χ1v) is 11.8. The Bertz CT molecular complexity index is 891. The lowest BCUT2D eigenvalue weighted by atomic mass is 9.79. The summed E-state index contributed by atoms with van der Waals surface area (Å²) in [4.78, 5) is 15.4. The van der Waals surface area contributed by atoms with Crippen LogP contribution in [0.4, 0.5) is 0 Å². The zero-order valence-corrected chi connectivity index (χ0v) is 20.6. The summed E-state index contributed by atoms with van der Waals surface area (Å²) in [5, 5.41) is 1.33.